The summed E-state index contributed by atoms with van der Waals surface area (Å²) in [5, 5.41) is 12.4. The van der Waals surface area contributed by atoms with Crippen LogP contribution in [-0.4, -0.2) is 52.6 Å². The minimum absolute atomic E-state index is 0.0386. The van der Waals surface area contributed by atoms with E-state index in [9.17, 15) is 9.18 Å². The van der Waals surface area contributed by atoms with Gasteiger partial charge in [-0.05, 0) is 44.3 Å². The Balaban J connectivity index is 1.55. The first-order valence-electron chi connectivity index (χ1n) is 10.1. The Morgan fingerprint density at radius 3 is 2.70 bits per heavy atom. The zero-order chi connectivity index (χ0) is 21.8. The number of rotatable bonds is 6. The molecule has 164 valence electrons. The standard InChI is InChI=1S/C20H29FN6O2S/c1-12(2)18-24-25-20(30)27(18)8-7-22-19(28)23-15-5-6-17(16(21)9-15)26-10-13(3)29-14(4)11-26/h5-6,9,12-14H,7-8,10-11H2,1-4H3,(H,25,30)(H2,22,23,28)/t13-,14+. The van der Waals surface area contributed by atoms with Gasteiger partial charge in [-0.15, -0.1) is 0 Å². The second-order valence-corrected chi connectivity index (χ2v) is 8.29. The predicted octanol–water partition coefficient (Wildman–Crippen LogP) is 3.64. The fourth-order valence-electron chi connectivity index (χ4n) is 3.66. The normalized spacial score (nSPS) is 19.2. The number of carbonyl (C=O) groups is 1. The van der Waals surface area contributed by atoms with Crippen LogP contribution in [0.15, 0.2) is 18.2 Å². The first-order chi connectivity index (χ1) is 14.2. The van der Waals surface area contributed by atoms with Crippen LogP contribution in [0, 0.1) is 10.6 Å². The van der Waals surface area contributed by atoms with Crippen molar-refractivity contribution >= 4 is 29.6 Å². The molecule has 0 radical (unpaired) electrons. The van der Waals surface area contributed by atoms with Gasteiger partial charge in [0.25, 0.3) is 0 Å². The summed E-state index contributed by atoms with van der Waals surface area (Å²) in [7, 11) is 0. The maximum absolute atomic E-state index is 14.7. The molecule has 0 aliphatic carbocycles. The van der Waals surface area contributed by atoms with Gasteiger partial charge in [0.2, 0.25) is 0 Å². The van der Waals surface area contributed by atoms with Crippen LogP contribution in [0.4, 0.5) is 20.6 Å². The number of aromatic amines is 1. The zero-order valence-corrected chi connectivity index (χ0v) is 18.6. The number of hydrogen-bond donors (Lipinski definition) is 3. The zero-order valence-electron chi connectivity index (χ0n) is 17.7. The van der Waals surface area contributed by atoms with E-state index < -0.39 is 6.03 Å². The highest BCUT2D eigenvalue weighted by Crippen LogP contribution is 2.26. The number of benzene rings is 1. The Kier molecular flexibility index (Phi) is 7.09. The third-order valence-electron chi connectivity index (χ3n) is 4.89. The van der Waals surface area contributed by atoms with Gasteiger partial charge in [-0.25, -0.2) is 9.18 Å². The third-order valence-corrected chi connectivity index (χ3v) is 5.20. The Bertz CT molecular complexity index is 934. The predicted molar refractivity (Wildman–Crippen MR) is 117 cm³/mol. The van der Waals surface area contributed by atoms with E-state index in [4.69, 9.17) is 17.0 Å². The number of nitrogens with zero attached hydrogens (tertiary/aromatic N) is 3. The topological polar surface area (TPSA) is 87.2 Å². The second kappa shape index (κ2) is 9.57. The van der Waals surface area contributed by atoms with Crippen LogP contribution in [0.3, 0.4) is 0 Å². The minimum atomic E-state index is -0.406. The van der Waals surface area contributed by atoms with E-state index in [0.717, 1.165) is 5.82 Å². The van der Waals surface area contributed by atoms with Crippen LogP contribution in [0.5, 0.6) is 0 Å². The first kappa shape index (κ1) is 22.2. The van der Waals surface area contributed by atoms with E-state index in [0.29, 0.717) is 42.3 Å². The molecule has 1 saturated heterocycles. The molecule has 3 rings (SSSR count). The number of halogens is 1. The van der Waals surface area contributed by atoms with Gasteiger partial charge in [0.05, 0.1) is 17.9 Å². The number of amides is 2. The molecule has 2 amide bonds. The Labute approximate surface area is 180 Å². The molecule has 10 heteroatoms. The number of aromatic nitrogens is 3. The number of urea groups is 1. The third kappa shape index (κ3) is 5.37. The molecule has 3 N–H and O–H groups in total. The maximum atomic E-state index is 14.7. The molecule has 0 unspecified atom stereocenters. The van der Waals surface area contributed by atoms with Crippen molar-refractivity contribution in [3.8, 4) is 0 Å². The van der Waals surface area contributed by atoms with E-state index >= 15 is 0 Å². The number of anilines is 2. The quantitative estimate of drug-likeness (QED) is 0.602. The van der Waals surface area contributed by atoms with Gasteiger partial charge in [-0.1, -0.05) is 13.8 Å². The minimum Gasteiger partial charge on any atom is -0.372 e. The number of carbonyl (C=O) groups excluding carboxylic acids is 1. The smallest absolute Gasteiger partial charge is 0.319 e. The number of hydrogen-bond acceptors (Lipinski definition) is 5. The average Bonchev–Trinajstić information content (AvgIpc) is 3.02. The molecule has 8 nitrogen and oxygen atoms in total. The summed E-state index contributed by atoms with van der Waals surface area (Å²) in [5.41, 5.74) is 0.907. The van der Waals surface area contributed by atoms with Crippen LogP contribution in [-0.2, 0) is 11.3 Å². The molecule has 0 bridgehead atoms. The lowest BCUT2D eigenvalue weighted by Crippen LogP contribution is -2.45. The van der Waals surface area contributed by atoms with Gasteiger partial charge in [0, 0.05) is 37.8 Å². The van der Waals surface area contributed by atoms with Crippen molar-refractivity contribution < 1.29 is 13.9 Å². The van der Waals surface area contributed by atoms with E-state index in [1.807, 2.05) is 37.2 Å². The molecule has 2 atom stereocenters. The van der Waals surface area contributed by atoms with E-state index in [1.54, 1.807) is 12.1 Å². The fourth-order valence-corrected chi connectivity index (χ4v) is 3.89. The lowest BCUT2D eigenvalue weighted by molar-refractivity contribution is -0.00539. The number of morpholine rings is 1. The van der Waals surface area contributed by atoms with Crippen LogP contribution < -0.4 is 15.5 Å². The van der Waals surface area contributed by atoms with E-state index in [2.05, 4.69) is 20.8 Å². The van der Waals surface area contributed by atoms with E-state index in [-0.39, 0.29) is 23.9 Å². The summed E-state index contributed by atoms with van der Waals surface area (Å²) in [4.78, 5) is 14.2. The van der Waals surface area contributed by atoms with Gasteiger partial charge in [0.1, 0.15) is 11.6 Å². The fraction of sp³-hybridized carbons (Fsp3) is 0.550. The number of nitrogens with one attached hydrogen (secondary N) is 3. The molecule has 2 heterocycles. The Morgan fingerprint density at radius 2 is 2.07 bits per heavy atom. The summed E-state index contributed by atoms with van der Waals surface area (Å²) in [6, 6.07) is 4.32. The van der Waals surface area contributed by atoms with Crippen LogP contribution in [0.25, 0.3) is 0 Å². The van der Waals surface area contributed by atoms with Crippen molar-refractivity contribution in [3.63, 3.8) is 0 Å². The lowest BCUT2D eigenvalue weighted by Gasteiger charge is -2.37. The van der Waals surface area contributed by atoms with Crippen molar-refractivity contribution in [2.45, 2.75) is 52.4 Å². The molecular formula is C20H29FN6O2S. The second-order valence-electron chi connectivity index (χ2n) is 7.90. The highest BCUT2D eigenvalue weighted by Gasteiger charge is 2.24. The molecule has 1 aliphatic heterocycles. The molecule has 2 aromatic rings. The summed E-state index contributed by atoms with van der Waals surface area (Å²) < 4.78 is 22.7. The monoisotopic (exact) mass is 436 g/mol. The molecule has 30 heavy (non-hydrogen) atoms. The van der Waals surface area contributed by atoms with Crippen LogP contribution >= 0.6 is 12.2 Å². The van der Waals surface area contributed by atoms with Crippen molar-refractivity contribution in [2.24, 2.45) is 0 Å². The largest absolute Gasteiger partial charge is 0.372 e. The SMILES string of the molecule is CC(C)c1n[nH]c(=S)n1CCNC(=O)Nc1ccc(N2C[C@@H](C)O[C@@H](C)C2)c(F)c1. The lowest BCUT2D eigenvalue weighted by atomic mass is 10.2. The van der Waals surface area contributed by atoms with Gasteiger partial charge < -0.3 is 24.8 Å². The highest BCUT2D eigenvalue weighted by molar-refractivity contribution is 7.71. The van der Waals surface area contributed by atoms with Crippen molar-refractivity contribution in [1.29, 1.82) is 0 Å². The molecule has 1 aliphatic rings. The van der Waals surface area contributed by atoms with Crippen molar-refractivity contribution in [3.05, 3.63) is 34.6 Å². The maximum Gasteiger partial charge on any atom is 0.319 e. The van der Waals surface area contributed by atoms with Crippen molar-refractivity contribution in [2.75, 3.05) is 29.9 Å². The molecule has 1 aromatic heterocycles. The molecule has 0 saturated carbocycles. The van der Waals surface area contributed by atoms with Gasteiger partial charge in [-0.2, -0.15) is 5.10 Å². The highest BCUT2D eigenvalue weighted by atomic mass is 32.1. The first-order valence-corrected chi connectivity index (χ1v) is 10.5. The molecule has 1 fully saturated rings. The Hall–Kier alpha value is -2.46. The summed E-state index contributed by atoms with van der Waals surface area (Å²) in [6.07, 6.45) is 0.0772. The summed E-state index contributed by atoms with van der Waals surface area (Å²) in [5.74, 6) is 0.678. The van der Waals surface area contributed by atoms with Gasteiger partial charge in [0.15, 0.2) is 4.77 Å². The van der Waals surface area contributed by atoms with Gasteiger partial charge in [-0.3, -0.25) is 5.10 Å². The number of H-pyrrole nitrogens is 1. The molecule has 1 aromatic carbocycles. The molecule has 0 spiro atoms. The van der Waals surface area contributed by atoms with E-state index in [1.165, 1.54) is 6.07 Å². The molecular weight excluding hydrogens is 407 g/mol. The number of ether oxygens (including phenoxy) is 1. The van der Waals surface area contributed by atoms with Crippen molar-refractivity contribution in [1.82, 2.24) is 20.1 Å². The Morgan fingerprint density at radius 1 is 1.37 bits per heavy atom. The van der Waals surface area contributed by atoms with Gasteiger partial charge >= 0.3 is 6.03 Å². The average molecular weight is 437 g/mol. The summed E-state index contributed by atoms with van der Waals surface area (Å²) in [6.45, 7) is 10.1. The summed E-state index contributed by atoms with van der Waals surface area (Å²) >= 11 is 5.23. The van der Waals surface area contributed by atoms with Crippen LogP contribution in [0.1, 0.15) is 39.4 Å². The van der Waals surface area contributed by atoms with Crippen LogP contribution in [0.2, 0.25) is 0 Å².